The molecule has 0 fully saturated rings. The fourth-order valence-electron chi connectivity index (χ4n) is 1.02. The van der Waals surface area contributed by atoms with Gasteiger partial charge in [-0.1, -0.05) is 17.7 Å². The summed E-state index contributed by atoms with van der Waals surface area (Å²) in [5, 5.41) is 17.9. The highest BCUT2D eigenvalue weighted by Crippen LogP contribution is 2.23. The maximum absolute atomic E-state index is 10.4. The molecule has 0 aliphatic heterocycles. The highest BCUT2D eigenvalue weighted by atomic mass is 35.5. The average Bonchev–Trinajstić information content (AvgIpc) is 2.11. The third kappa shape index (κ3) is 3.75. The Kier molecular flexibility index (Phi) is 5.07. The molecule has 1 rings (SSSR count). The molecule has 1 aromatic carbocycles. The van der Waals surface area contributed by atoms with E-state index >= 15 is 0 Å². The van der Waals surface area contributed by atoms with Gasteiger partial charge in [0.1, 0.15) is 11.8 Å². The van der Waals surface area contributed by atoms with E-state index in [4.69, 9.17) is 27.5 Å². The van der Waals surface area contributed by atoms with Gasteiger partial charge in [0.15, 0.2) is 0 Å². The number of carbonyl (C=O) groups is 1. The van der Waals surface area contributed by atoms with Crippen LogP contribution in [0.15, 0.2) is 18.2 Å². The quantitative estimate of drug-likeness (QED) is 0.690. The number of aromatic hydroxyl groups is 1. The number of hydrogen-bond acceptors (Lipinski definition) is 3. The lowest BCUT2D eigenvalue weighted by Gasteiger charge is -2.06. The summed E-state index contributed by atoms with van der Waals surface area (Å²) in [6.45, 7) is 0. The summed E-state index contributed by atoms with van der Waals surface area (Å²) in [6.07, 6.45) is 0.190. The van der Waals surface area contributed by atoms with Crippen molar-refractivity contribution in [3.8, 4) is 5.75 Å². The normalized spacial score (nSPS) is 11.6. The van der Waals surface area contributed by atoms with Gasteiger partial charge in [-0.05, 0) is 24.1 Å². The number of hydrogen-bond donors (Lipinski definition) is 3. The van der Waals surface area contributed by atoms with Crippen molar-refractivity contribution in [3.05, 3.63) is 28.8 Å². The van der Waals surface area contributed by atoms with Crippen LogP contribution in [0.25, 0.3) is 0 Å². The number of phenolic OH excluding ortho intramolecular Hbond substituents is 1. The Morgan fingerprint density at radius 3 is 2.60 bits per heavy atom. The van der Waals surface area contributed by atoms with Gasteiger partial charge in [0.2, 0.25) is 0 Å². The largest absolute Gasteiger partial charge is 0.506 e. The molecule has 1 atom stereocenters. The zero-order valence-electron chi connectivity index (χ0n) is 7.77. The number of carboxylic acid groups (broad SMARTS) is 1. The molecule has 0 aliphatic carbocycles. The van der Waals surface area contributed by atoms with Crippen LogP contribution in [-0.4, -0.2) is 27.7 Å². The van der Waals surface area contributed by atoms with E-state index in [0.29, 0.717) is 5.56 Å². The molecule has 1 aromatic rings. The standard InChI is InChI=1S/C9H10ClNO3.H2O/c10-6-3-5(1-2-8(6)12)4-7(11)9(13)14;/h1-3,7,12H,4,11H2,(H,13,14);1H2/t7-;/m0./s1. The molecular formula is C9H12ClNO4. The minimum atomic E-state index is -1.06. The van der Waals surface area contributed by atoms with Crippen molar-refractivity contribution < 1.29 is 20.5 Å². The predicted molar refractivity (Wildman–Crippen MR) is 56.0 cm³/mol. The van der Waals surface area contributed by atoms with E-state index in [0.717, 1.165) is 0 Å². The molecule has 15 heavy (non-hydrogen) atoms. The summed E-state index contributed by atoms with van der Waals surface area (Å²) in [5.41, 5.74) is 6.01. The molecule has 0 bridgehead atoms. The number of benzene rings is 1. The molecular weight excluding hydrogens is 222 g/mol. The highest BCUT2D eigenvalue weighted by Gasteiger charge is 2.12. The summed E-state index contributed by atoms with van der Waals surface area (Å²) >= 11 is 5.64. The number of carboxylic acids is 1. The molecule has 6 N–H and O–H groups in total. The van der Waals surface area contributed by atoms with Crippen LogP contribution in [0.3, 0.4) is 0 Å². The first-order chi connectivity index (χ1) is 6.50. The van der Waals surface area contributed by atoms with Crippen molar-refractivity contribution in [2.45, 2.75) is 12.5 Å². The highest BCUT2D eigenvalue weighted by molar-refractivity contribution is 6.32. The van der Waals surface area contributed by atoms with Gasteiger partial charge >= 0.3 is 5.97 Å². The van der Waals surface area contributed by atoms with Crippen LogP contribution in [0.4, 0.5) is 0 Å². The average molecular weight is 234 g/mol. The van der Waals surface area contributed by atoms with Crippen molar-refractivity contribution in [3.63, 3.8) is 0 Å². The Morgan fingerprint density at radius 1 is 1.53 bits per heavy atom. The van der Waals surface area contributed by atoms with E-state index in [1.807, 2.05) is 0 Å². The smallest absolute Gasteiger partial charge is 0.320 e. The fourth-order valence-corrected chi connectivity index (χ4v) is 1.22. The van der Waals surface area contributed by atoms with E-state index in [9.17, 15) is 4.79 Å². The first-order valence-electron chi connectivity index (χ1n) is 3.96. The fraction of sp³-hybridized carbons (Fsp3) is 0.222. The summed E-state index contributed by atoms with van der Waals surface area (Å²) < 4.78 is 0. The zero-order chi connectivity index (χ0) is 10.7. The first-order valence-corrected chi connectivity index (χ1v) is 4.34. The molecule has 6 heteroatoms. The van der Waals surface area contributed by atoms with E-state index in [-0.39, 0.29) is 22.7 Å². The minimum Gasteiger partial charge on any atom is -0.506 e. The predicted octanol–water partition coefficient (Wildman–Crippen LogP) is 0.175. The number of halogens is 1. The van der Waals surface area contributed by atoms with Crippen LogP contribution in [0.2, 0.25) is 5.02 Å². The van der Waals surface area contributed by atoms with E-state index in [1.165, 1.54) is 12.1 Å². The van der Waals surface area contributed by atoms with E-state index < -0.39 is 12.0 Å². The third-order valence-corrected chi connectivity index (χ3v) is 2.09. The Labute approximate surface area is 91.4 Å². The summed E-state index contributed by atoms with van der Waals surface area (Å²) in [7, 11) is 0. The number of aliphatic carboxylic acids is 1. The molecule has 0 spiro atoms. The van der Waals surface area contributed by atoms with Crippen LogP contribution in [0.1, 0.15) is 5.56 Å². The molecule has 0 saturated carbocycles. The van der Waals surface area contributed by atoms with Gasteiger partial charge in [0, 0.05) is 0 Å². The van der Waals surface area contributed by atoms with Gasteiger partial charge < -0.3 is 21.4 Å². The monoisotopic (exact) mass is 233 g/mol. The second kappa shape index (κ2) is 5.55. The molecule has 0 aromatic heterocycles. The summed E-state index contributed by atoms with van der Waals surface area (Å²) in [4.78, 5) is 10.4. The van der Waals surface area contributed by atoms with Gasteiger partial charge in [0.05, 0.1) is 5.02 Å². The minimum absolute atomic E-state index is 0. The van der Waals surface area contributed by atoms with Gasteiger partial charge in [-0.25, -0.2) is 0 Å². The van der Waals surface area contributed by atoms with Crippen LogP contribution in [-0.2, 0) is 11.2 Å². The molecule has 84 valence electrons. The van der Waals surface area contributed by atoms with Crippen LogP contribution in [0.5, 0.6) is 5.75 Å². The molecule has 0 radical (unpaired) electrons. The number of rotatable bonds is 3. The lowest BCUT2D eigenvalue weighted by molar-refractivity contribution is -0.138. The number of phenols is 1. The van der Waals surface area contributed by atoms with Gasteiger partial charge in [0.25, 0.3) is 0 Å². The van der Waals surface area contributed by atoms with Crippen molar-refractivity contribution in [1.82, 2.24) is 0 Å². The lowest BCUT2D eigenvalue weighted by atomic mass is 10.1. The zero-order valence-corrected chi connectivity index (χ0v) is 8.53. The molecule has 0 aliphatic rings. The maximum atomic E-state index is 10.4. The van der Waals surface area contributed by atoms with E-state index in [2.05, 4.69) is 0 Å². The second-order valence-corrected chi connectivity index (χ2v) is 3.34. The molecule has 5 nitrogen and oxygen atoms in total. The first kappa shape index (κ1) is 13.7. The summed E-state index contributed by atoms with van der Waals surface area (Å²) in [6, 6.07) is 3.55. The Morgan fingerprint density at radius 2 is 2.13 bits per heavy atom. The van der Waals surface area contributed by atoms with Crippen molar-refractivity contribution in [1.29, 1.82) is 0 Å². The van der Waals surface area contributed by atoms with Crippen LogP contribution >= 0.6 is 11.6 Å². The van der Waals surface area contributed by atoms with Crippen molar-refractivity contribution >= 4 is 17.6 Å². The molecule has 0 unspecified atom stereocenters. The van der Waals surface area contributed by atoms with Crippen LogP contribution in [0, 0.1) is 0 Å². The van der Waals surface area contributed by atoms with Gasteiger partial charge in [-0.15, -0.1) is 0 Å². The molecule has 0 heterocycles. The maximum Gasteiger partial charge on any atom is 0.320 e. The SMILES string of the molecule is N[C@@H](Cc1ccc(O)c(Cl)c1)C(=O)O.O. The Hall–Kier alpha value is -1.30. The van der Waals surface area contributed by atoms with Crippen molar-refractivity contribution in [2.75, 3.05) is 0 Å². The van der Waals surface area contributed by atoms with Gasteiger partial charge in [-0.3, -0.25) is 4.79 Å². The Bertz CT molecular complexity index is 356. The van der Waals surface area contributed by atoms with Crippen LogP contribution < -0.4 is 5.73 Å². The molecule has 0 saturated heterocycles. The topological polar surface area (TPSA) is 115 Å². The second-order valence-electron chi connectivity index (χ2n) is 2.93. The number of nitrogens with two attached hydrogens (primary N) is 1. The molecule has 0 amide bonds. The van der Waals surface area contributed by atoms with Gasteiger partial charge in [-0.2, -0.15) is 0 Å². The summed E-state index contributed by atoms with van der Waals surface area (Å²) in [5.74, 6) is -1.09. The van der Waals surface area contributed by atoms with E-state index in [1.54, 1.807) is 6.07 Å². The van der Waals surface area contributed by atoms with Crippen molar-refractivity contribution in [2.24, 2.45) is 5.73 Å². The third-order valence-electron chi connectivity index (χ3n) is 1.78. The Balaban J connectivity index is 0.00000196. The lowest BCUT2D eigenvalue weighted by Crippen LogP contribution is -2.32.